The summed E-state index contributed by atoms with van der Waals surface area (Å²) >= 11 is 0. The van der Waals surface area contributed by atoms with Crippen molar-refractivity contribution >= 4 is 22.8 Å². The normalized spacial score (nSPS) is 15.0. The fraction of sp³-hybridized carbons (Fsp3) is 0.312. The lowest BCUT2D eigenvalue weighted by atomic mass is 10.0. The lowest BCUT2D eigenvalue weighted by Crippen LogP contribution is -2.50. The standard InChI is InChI=1S/C16H17N9/c1-11-20-21-14-2-3-15(22-25(11)14)23-9-12(10-23)8-18-16-13-4-5-19-24(13)7-6-17-16/h2-7,12H,8-10H2,1H3,(H,17,18). The van der Waals surface area contributed by atoms with Gasteiger partial charge in [-0.05, 0) is 25.1 Å². The zero-order valence-corrected chi connectivity index (χ0v) is 13.7. The Hall–Kier alpha value is -3.23. The van der Waals surface area contributed by atoms with Crippen LogP contribution in [0.25, 0.3) is 11.2 Å². The van der Waals surface area contributed by atoms with Crippen molar-refractivity contribution in [1.82, 2.24) is 34.4 Å². The van der Waals surface area contributed by atoms with Gasteiger partial charge in [-0.15, -0.1) is 15.3 Å². The number of anilines is 2. The molecule has 126 valence electrons. The molecule has 5 rings (SSSR count). The van der Waals surface area contributed by atoms with Gasteiger partial charge in [0.05, 0.1) is 6.20 Å². The van der Waals surface area contributed by atoms with Gasteiger partial charge < -0.3 is 10.2 Å². The first kappa shape index (κ1) is 14.1. The third kappa shape index (κ3) is 2.35. The van der Waals surface area contributed by atoms with E-state index >= 15 is 0 Å². The van der Waals surface area contributed by atoms with Crippen molar-refractivity contribution in [3.63, 3.8) is 0 Å². The minimum absolute atomic E-state index is 0.560. The second-order valence-corrected chi connectivity index (χ2v) is 6.30. The third-order valence-electron chi connectivity index (χ3n) is 4.57. The monoisotopic (exact) mass is 335 g/mol. The van der Waals surface area contributed by atoms with Crippen LogP contribution in [0.4, 0.5) is 11.6 Å². The van der Waals surface area contributed by atoms with Gasteiger partial charge >= 0.3 is 0 Å². The molecular formula is C16H17N9. The molecule has 0 unspecified atom stereocenters. The van der Waals surface area contributed by atoms with Crippen molar-refractivity contribution in [2.24, 2.45) is 5.92 Å². The van der Waals surface area contributed by atoms with Crippen LogP contribution >= 0.6 is 0 Å². The first-order chi connectivity index (χ1) is 12.3. The first-order valence-corrected chi connectivity index (χ1v) is 8.24. The van der Waals surface area contributed by atoms with E-state index in [1.54, 1.807) is 16.9 Å². The number of hydrogen-bond acceptors (Lipinski definition) is 7. The Balaban J connectivity index is 1.24. The van der Waals surface area contributed by atoms with Crippen molar-refractivity contribution in [3.8, 4) is 0 Å². The average Bonchev–Trinajstić information content (AvgIpc) is 3.21. The van der Waals surface area contributed by atoms with Crippen LogP contribution in [0.3, 0.4) is 0 Å². The summed E-state index contributed by atoms with van der Waals surface area (Å²) in [5.41, 5.74) is 1.77. The molecule has 0 saturated carbocycles. The van der Waals surface area contributed by atoms with Crippen molar-refractivity contribution in [2.75, 3.05) is 29.9 Å². The highest BCUT2D eigenvalue weighted by molar-refractivity contribution is 5.66. The molecule has 5 heterocycles. The molecule has 25 heavy (non-hydrogen) atoms. The van der Waals surface area contributed by atoms with Crippen LogP contribution in [0.5, 0.6) is 0 Å². The number of aromatic nitrogens is 7. The van der Waals surface area contributed by atoms with Crippen molar-refractivity contribution in [3.05, 3.63) is 42.6 Å². The lowest BCUT2D eigenvalue weighted by molar-refractivity contribution is 0.424. The first-order valence-electron chi connectivity index (χ1n) is 8.24. The predicted molar refractivity (Wildman–Crippen MR) is 92.7 cm³/mol. The van der Waals surface area contributed by atoms with Crippen LogP contribution < -0.4 is 10.2 Å². The summed E-state index contributed by atoms with van der Waals surface area (Å²) in [5.74, 6) is 3.20. The van der Waals surface area contributed by atoms with Crippen molar-refractivity contribution < 1.29 is 0 Å². The van der Waals surface area contributed by atoms with E-state index < -0.39 is 0 Å². The molecule has 0 aliphatic carbocycles. The van der Waals surface area contributed by atoms with Crippen LogP contribution in [-0.2, 0) is 0 Å². The Bertz CT molecular complexity index is 1040. The summed E-state index contributed by atoms with van der Waals surface area (Å²) in [5, 5.41) is 20.4. The van der Waals surface area contributed by atoms with E-state index in [2.05, 4.69) is 35.6 Å². The zero-order valence-electron chi connectivity index (χ0n) is 13.7. The fourth-order valence-corrected chi connectivity index (χ4v) is 3.18. The van der Waals surface area contributed by atoms with Crippen LogP contribution in [0, 0.1) is 12.8 Å². The molecular weight excluding hydrogens is 318 g/mol. The van der Waals surface area contributed by atoms with E-state index in [-0.39, 0.29) is 0 Å². The molecule has 4 aromatic rings. The average molecular weight is 335 g/mol. The van der Waals surface area contributed by atoms with E-state index in [9.17, 15) is 0 Å². The number of nitrogens with one attached hydrogen (secondary N) is 1. The summed E-state index contributed by atoms with van der Waals surface area (Å²) in [7, 11) is 0. The Labute approximate surface area is 143 Å². The Morgan fingerprint density at radius 3 is 3.00 bits per heavy atom. The summed E-state index contributed by atoms with van der Waals surface area (Å²) < 4.78 is 3.61. The fourth-order valence-electron chi connectivity index (χ4n) is 3.18. The molecule has 9 heteroatoms. The summed E-state index contributed by atoms with van der Waals surface area (Å²) in [6, 6.07) is 5.92. The van der Waals surface area contributed by atoms with Crippen molar-refractivity contribution in [2.45, 2.75) is 6.92 Å². The van der Waals surface area contributed by atoms with Gasteiger partial charge in [0.1, 0.15) is 11.3 Å². The molecule has 0 bridgehead atoms. The molecule has 0 atom stereocenters. The molecule has 1 aliphatic rings. The molecule has 1 fully saturated rings. The number of nitrogens with zero attached hydrogens (tertiary/aromatic N) is 8. The van der Waals surface area contributed by atoms with E-state index in [1.165, 1.54) is 0 Å². The van der Waals surface area contributed by atoms with Gasteiger partial charge in [0, 0.05) is 37.9 Å². The predicted octanol–water partition coefficient (Wildman–Crippen LogP) is 1.02. The van der Waals surface area contributed by atoms with Gasteiger partial charge in [0.25, 0.3) is 0 Å². The largest absolute Gasteiger partial charge is 0.368 e. The maximum absolute atomic E-state index is 4.62. The Morgan fingerprint density at radius 2 is 2.08 bits per heavy atom. The highest BCUT2D eigenvalue weighted by Gasteiger charge is 2.28. The number of hydrogen-bond donors (Lipinski definition) is 1. The van der Waals surface area contributed by atoms with Gasteiger partial charge in [-0.3, -0.25) is 0 Å². The SMILES string of the molecule is Cc1nnc2ccc(N3CC(CNc4nccn5nccc45)C3)nn12. The highest BCUT2D eigenvalue weighted by atomic mass is 15.4. The zero-order chi connectivity index (χ0) is 16.8. The van der Waals surface area contributed by atoms with Crippen LogP contribution in [0.2, 0.25) is 0 Å². The molecule has 0 radical (unpaired) electrons. The Morgan fingerprint density at radius 1 is 1.16 bits per heavy atom. The summed E-state index contributed by atoms with van der Waals surface area (Å²) in [6.07, 6.45) is 5.39. The lowest BCUT2D eigenvalue weighted by Gasteiger charge is -2.40. The van der Waals surface area contributed by atoms with Crippen LogP contribution in [0.1, 0.15) is 5.82 Å². The molecule has 1 saturated heterocycles. The third-order valence-corrected chi connectivity index (χ3v) is 4.57. The molecule has 0 amide bonds. The van der Waals surface area contributed by atoms with Crippen LogP contribution in [0.15, 0.2) is 36.8 Å². The van der Waals surface area contributed by atoms with E-state index in [1.807, 2.05) is 35.8 Å². The van der Waals surface area contributed by atoms with Gasteiger partial charge in [-0.1, -0.05) is 0 Å². The Kier molecular flexibility index (Phi) is 3.06. The molecule has 9 nitrogen and oxygen atoms in total. The van der Waals surface area contributed by atoms with Crippen LogP contribution in [-0.4, -0.2) is 54.0 Å². The van der Waals surface area contributed by atoms with E-state index in [0.717, 1.165) is 48.3 Å². The quantitative estimate of drug-likeness (QED) is 0.596. The smallest absolute Gasteiger partial charge is 0.178 e. The molecule has 0 spiro atoms. The molecule has 1 N–H and O–H groups in total. The van der Waals surface area contributed by atoms with E-state index in [0.29, 0.717) is 5.92 Å². The maximum atomic E-state index is 4.62. The molecule has 4 aromatic heterocycles. The second-order valence-electron chi connectivity index (χ2n) is 6.30. The second kappa shape index (κ2) is 5.40. The topological polar surface area (TPSA) is 88.5 Å². The summed E-state index contributed by atoms with van der Waals surface area (Å²) in [4.78, 5) is 6.67. The number of fused-ring (bicyclic) bond motifs is 2. The van der Waals surface area contributed by atoms with Gasteiger partial charge in [-0.25, -0.2) is 9.50 Å². The van der Waals surface area contributed by atoms with Gasteiger partial charge in [0.15, 0.2) is 17.3 Å². The van der Waals surface area contributed by atoms with Gasteiger partial charge in [0.2, 0.25) is 0 Å². The maximum Gasteiger partial charge on any atom is 0.178 e. The number of aryl methyl sites for hydroxylation is 1. The molecule has 0 aromatic carbocycles. The number of rotatable bonds is 4. The van der Waals surface area contributed by atoms with Gasteiger partial charge in [-0.2, -0.15) is 9.61 Å². The van der Waals surface area contributed by atoms with Crippen molar-refractivity contribution in [1.29, 1.82) is 0 Å². The minimum atomic E-state index is 0.560. The molecule has 1 aliphatic heterocycles. The highest BCUT2D eigenvalue weighted by Crippen LogP contribution is 2.23. The minimum Gasteiger partial charge on any atom is -0.368 e. The van der Waals surface area contributed by atoms with E-state index in [4.69, 9.17) is 0 Å². The summed E-state index contributed by atoms with van der Waals surface area (Å²) in [6.45, 7) is 4.72.